The van der Waals surface area contributed by atoms with Crippen molar-refractivity contribution in [1.82, 2.24) is 5.01 Å². The highest BCUT2D eigenvalue weighted by Crippen LogP contribution is 2.38. The minimum atomic E-state index is -0.259. The number of methoxy groups -OCH3 is 3. The molecule has 1 heterocycles. The Morgan fingerprint density at radius 2 is 1.56 bits per heavy atom. The standard InChI is InChI=1S/C27H28N2O5/c1-18(30)29-23(16-22(28-29)20-10-12-24(31-2)26(14-20)33-4)21-11-13-25(32-3)27(15-21)34-17-19-8-6-5-7-9-19/h5-15,23H,16-17H2,1-4H3. The van der Waals surface area contributed by atoms with E-state index in [0.717, 1.165) is 22.4 Å². The van der Waals surface area contributed by atoms with E-state index in [1.54, 1.807) is 21.3 Å². The highest BCUT2D eigenvalue weighted by Gasteiger charge is 2.32. The van der Waals surface area contributed by atoms with Crippen molar-refractivity contribution >= 4 is 11.6 Å². The highest BCUT2D eigenvalue weighted by atomic mass is 16.5. The Morgan fingerprint density at radius 3 is 2.24 bits per heavy atom. The van der Waals surface area contributed by atoms with E-state index in [1.807, 2.05) is 66.7 Å². The van der Waals surface area contributed by atoms with Gasteiger partial charge in [0.15, 0.2) is 23.0 Å². The van der Waals surface area contributed by atoms with Crippen LogP contribution in [0.5, 0.6) is 23.0 Å². The molecule has 1 atom stereocenters. The zero-order valence-electron chi connectivity index (χ0n) is 19.8. The number of benzene rings is 3. The molecule has 3 aromatic carbocycles. The smallest absolute Gasteiger partial charge is 0.240 e. The fourth-order valence-corrected chi connectivity index (χ4v) is 4.00. The average Bonchev–Trinajstić information content (AvgIpc) is 3.33. The average molecular weight is 461 g/mol. The third kappa shape index (κ3) is 4.83. The summed E-state index contributed by atoms with van der Waals surface area (Å²) in [5, 5.41) is 6.17. The van der Waals surface area contributed by atoms with Crippen molar-refractivity contribution < 1.29 is 23.7 Å². The molecule has 4 rings (SSSR count). The van der Waals surface area contributed by atoms with Gasteiger partial charge in [-0.3, -0.25) is 4.79 Å². The molecule has 0 bridgehead atoms. The molecule has 176 valence electrons. The maximum Gasteiger partial charge on any atom is 0.240 e. The van der Waals surface area contributed by atoms with E-state index in [4.69, 9.17) is 18.9 Å². The third-order valence-corrected chi connectivity index (χ3v) is 5.76. The van der Waals surface area contributed by atoms with Crippen LogP contribution in [0.15, 0.2) is 71.8 Å². The van der Waals surface area contributed by atoms with Crippen LogP contribution in [0.4, 0.5) is 0 Å². The van der Waals surface area contributed by atoms with E-state index >= 15 is 0 Å². The lowest BCUT2D eigenvalue weighted by atomic mass is 9.97. The number of carbonyl (C=O) groups excluding carboxylic acids is 1. The lowest BCUT2D eigenvalue weighted by Crippen LogP contribution is -2.24. The first-order chi connectivity index (χ1) is 16.5. The number of ether oxygens (including phenoxy) is 4. The first kappa shape index (κ1) is 23.2. The highest BCUT2D eigenvalue weighted by molar-refractivity contribution is 6.03. The van der Waals surface area contributed by atoms with Crippen molar-refractivity contribution in [3.05, 3.63) is 83.4 Å². The van der Waals surface area contributed by atoms with Crippen molar-refractivity contribution in [2.75, 3.05) is 21.3 Å². The first-order valence-electron chi connectivity index (χ1n) is 11.0. The Kier molecular flexibility index (Phi) is 7.01. The molecular weight excluding hydrogens is 432 g/mol. The van der Waals surface area contributed by atoms with Gasteiger partial charge in [0.2, 0.25) is 5.91 Å². The number of hydrogen-bond donors (Lipinski definition) is 0. The van der Waals surface area contributed by atoms with Gasteiger partial charge in [-0.1, -0.05) is 36.4 Å². The fraction of sp³-hybridized carbons (Fsp3) is 0.259. The van der Waals surface area contributed by atoms with Gasteiger partial charge in [-0.15, -0.1) is 0 Å². The Morgan fingerprint density at radius 1 is 0.882 bits per heavy atom. The molecule has 0 N–H and O–H groups in total. The summed E-state index contributed by atoms with van der Waals surface area (Å²) in [5.41, 5.74) is 3.64. The molecule has 34 heavy (non-hydrogen) atoms. The number of carbonyl (C=O) groups is 1. The summed E-state index contributed by atoms with van der Waals surface area (Å²) in [5.74, 6) is 2.37. The van der Waals surface area contributed by atoms with E-state index in [2.05, 4.69) is 5.10 Å². The lowest BCUT2D eigenvalue weighted by Gasteiger charge is -2.22. The number of rotatable bonds is 8. The van der Waals surface area contributed by atoms with Crippen molar-refractivity contribution in [2.45, 2.75) is 26.0 Å². The van der Waals surface area contributed by atoms with Crippen molar-refractivity contribution in [2.24, 2.45) is 5.10 Å². The molecule has 0 aromatic heterocycles. The van der Waals surface area contributed by atoms with Gasteiger partial charge in [0, 0.05) is 18.9 Å². The fourth-order valence-electron chi connectivity index (χ4n) is 4.00. The Balaban J connectivity index is 1.61. The van der Waals surface area contributed by atoms with E-state index in [1.165, 1.54) is 11.9 Å². The van der Waals surface area contributed by atoms with Crippen LogP contribution in [0.2, 0.25) is 0 Å². The van der Waals surface area contributed by atoms with Gasteiger partial charge in [0.25, 0.3) is 0 Å². The second-order valence-electron chi connectivity index (χ2n) is 7.88. The maximum absolute atomic E-state index is 12.5. The first-order valence-corrected chi connectivity index (χ1v) is 11.0. The van der Waals surface area contributed by atoms with Gasteiger partial charge < -0.3 is 18.9 Å². The Hall–Kier alpha value is -4.00. The molecule has 1 unspecified atom stereocenters. The second kappa shape index (κ2) is 10.3. The zero-order valence-corrected chi connectivity index (χ0v) is 19.8. The quantitative estimate of drug-likeness (QED) is 0.474. The van der Waals surface area contributed by atoms with E-state index in [-0.39, 0.29) is 11.9 Å². The molecule has 0 fully saturated rings. The van der Waals surface area contributed by atoms with Gasteiger partial charge in [-0.25, -0.2) is 5.01 Å². The SMILES string of the molecule is COc1ccc(C2=NN(C(C)=O)C(c3ccc(OC)c(OCc4ccccc4)c3)C2)cc1OC. The Labute approximate surface area is 199 Å². The maximum atomic E-state index is 12.5. The molecular formula is C27H28N2O5. The number of hydrazone groups is 1. The summed E-state index contributed by atoms with van der Waals surface area (Å²) < 4.78 is 22.4. The summed E-state index contributed by atoms with van der Waals surface area (Å²) in [7, 11) is 4.80. The van der Waals surface area contributed by atoms with Crippen LogP contribution in [0, 0.1) is 0 Å². The van der Waals surface area contributed by atoms with Gasteiger partial charge >= 0.3 is 0 Å². The van der Waals surface area contributed by atoms with Crippen molar-refractivity contribution in [3.63, 3.8) is 0 Å². The minimum Gasteiger partial charge on any atom is -0.493 e. The lowest BCUT2D eigenvalue weighted by molar-refractivity contribution is -0.130. The third-order valence-electron chi connectivity index (χ3n) is 5.76. The molecule has 0 radical (unpaired) electrons. The van der Waals surface area contributed by atoms with Crippen LogP contribution >= 0.6 is 0 Å². The largest absolute Gasteiger partial charge is 0.493 e. The molecule has 1 aliphatic rings. The molecule has 1 amide bonds. The summed E-state index contributed by atoms with van der Waals surface area (Å²) in [4.78, 5) is 12.5. The van der Waals surface area contributed by atoms with Crippen molar-refractivity contribution in [1.29, 1.82) is 0 Å². The van der Waals surface area contributed by atoms with Crippen molar-refractivity contribution in [3.8, 4) is 23.0 Å². The van der Waals surface area contributed by atoms with Crippen LogP contribution in [0.25, 0.3) is 0 Å². The van der Waals surface area contributed by atoms with Crippen LogP contribution < -0.4 is 18.9 Å². The summed E-state index contributed by atoms with van der Waals surface area (Å²) in [6, 6.07) is 21.0. The summed E-state index contributed by atoms with van der Waals surface area (Å²) >= 11 is 0. The number of hydrogen-bond acceptors (Lipinski definition) is 6. The van der Waals surface area contributed by atoms with E-state index in [0.29, 0.717) is 36.0 Å². The summed E-state index contributed by atoms with van der Waals surface area (Å²) in [6.45, 7) is 1.93. The monoisotopic (exact) mass is 460 g/mol. The number of nitrogens with zero attached hydrogens (tertiary/aromatic N) is 2. The Bertz CT molecular complexity index is 1190. The molecule has 0 spiro atoms. The molecule has 0 saturated carbocycles. The van der Waals surface area contributed by atoms with Gasteiger partial charge in [0.1, 0.15) is 6.61 Å². The van der Waals surface area contributed by atoms with Crippen LogP contribution in [-0.2, 0) is 11.4 Å². The topological polar surface area (TPSA) is 69.6 Å². The van der Waals surface area contributed by atoms with E-state index < -0.39 is 0 Å². The predicted octanol–water partition coefficient (Wildman–Crippen LogP) is 4.99. The molecule has 7 heteroatoms. The molecule has 3 aromatic rings. The zero-order chi connectivity index (χ0) is 24.1. The molecule has 7 nitrogen and oxygen atoms in total. The minimum absolute atomic E-state index is 0.136. The van der Waals surface area contributed by atoms with Crippen LogP contribution in [0.3, 0.4) is 0 Å². The van der Waals surface area contributed by atoms with Gasteiger partial charge in [-0.2, -0.15) is 5.10 Å². The molecule has 0 saturated heterocycles. The van der Waals surface area contributed by atoms with Gasteiger partial charge in [0.05, 0.1) is 33.1 Å². The molecule has 1 aliphatic heterocycles. The van der Waals surface area contributed by atoms with E-state index in [9.17, 15) is 4.79 Å². The van der Waals surface area contributed by atoms with Crippen LogP contribution in [-0.4, -0.2) is 38.0 Å². The predicted molar refractivity (Wildman–Crippen MR) is 130 cm³/mol. The number of amides is 1. The second-order valence-corrected chi connectivity index (χ2v) is 7.88. The molecule has 0 aliphatic carbocycles. The normalized spacial score (nSPS) is 15.0. The summed E-state index contributed by atoms with van der Waals surface area (Å²) in [6.07, 6.45) is 0.555. The van der Waals surface area contributed by atoms with Crippen LogP contribution in [0.1, 0.15) is 36.1 Å². The van der Waals surface area contributed by atoms with Gasteiger partial charge in [-0.05, 0) is 41.5 Å².